The van der Waals surface area contributed by atoms with Crippen LogP contribution in [0.5, 0.6) is 0 Å². The van der Waals surface area contributed by atoms with Crippen molar-refractivity contribution in [2.45, 2.75) is 32.2 Å². The minimum Gasteiger partial charge on any atom is -0.323 e. The van der Waals surface area contributed by atoms with Gasteiger partial charge < -0.3 is 5.73 Å². The van der Waals surface area contributed by atoms with Gasteiger partial charge in [-0.05, 0) is 49.4 Å². The zero-order valence-electron chi connectivity index (χ0n) is 11.3. The number of thiazole rings is 1. The van der Waals surface area contributed by atoms with Gasteiger partial charge in [-0.1, -0.05) is 6.07 Å². The van der Waals surface area contributed by atoms with Gasteiger partial charge in [-0.2, -0.15) is 0 Å². The van der Waals surface area contributed by atoms with Crippen molar-refractivity contribution in [2.24, 2.45) is 5.73 Å². The van der Waals surface area contributed by atoms with Crippen LogP contribution in [0, 0.1) is 0 Å². The van der Waals surface area contributed by atoms with Crippen LogP contribution < -0.4 is 11.1 Å². The lowest BCUT2D eigenvalue weighted by molar-refractivity contribution is 0.102. The van der Waals surface area contributed by atoms with Crippen molar-refractivity contribution in [1.82, 2.24) is 4.98 Å². The summed E-state index contributed by atoms with van der Waals surface area (Å²) in [5.74, 6) is -0.106. The van der Waals surface area contributed by atoms with E-state index >= 15 is 0 Å². The number of fused-ring (bicyclic) bond motifs is 1. The van der Waals surface area contributed by atoms with Crippen LogP contribution in [0.3, 0.4) is 0 Å². The summed E-state index contributed by atoms with van der Waals surface area (Å²) in [6.45, 7) is 1.88. The first kappa shape index (κ1) is 13.3. The van der Waals surface area contributed by atoms with Gasteiger partial charge in [0.05, 0.1) is 5.69 Å². The van der Waals surface area contributed by atoms with Gasteiger partial charge in [0, 0.05) is 17.0 Å². The molecule has 1 aromatic carbocycles. The number of carbonyl (C=O) groups excluding carboxylic acids is 1. The van der Waals surface area contributed by atoms with Crippen LogP contribution >= 0.6 is 11.3 Å². The SMILES string of the molecule is CC(N)c1csc(NC(=O)c2ccc3c(c2)CCC3)n1. The molecule has 0 bridgehead atoms. The molecular weight excluding hydrogens is 270 g/mol. The molecular formula is C15H17N3OS. The summed E-state index contributed by atoms with van der Waals surface area (Å²) in [7, 11) is 0. The average Bonchev–Trinajstić information content (AvgIpc) is 3.05. The van der Waals surface area contributed by atoms with E-state index in [2.05, 4.69) is 16.4 Å². The molecule has 1 amide bonds. The highest BCUT2D eigenvalue weighted by molar-refractivity contribution is 7.14. The Labute approximate surface area is 122 Å². The average molecular weight is 287 g/mol. The number of amides is 1. The second kappa shape index (κ2) is 5.34. The molecule has 0 aliphatic heterocycles. The fourth-order valence-corrected chi connectivity index (χ4v) is 3.24. The van der Waals surface area contributed by atoms with Crippen molar-refractivity contribution < 1.29 is 4.79 Å². The van der Waals surface area contributed by atoms with Gasteiger partial charge in [-0.3, -0.25) is 10.1 Å². The van der Waals surface area contributed by atoms with Crippen LogP contribution in [0.4, 0.5) is 5.13 Å². The summed E-state index contributed by atoms with van der Waals surface area (Å²) < 4.78 is 0. The molecule has 2 aromatic rings. The summed E-state index contributed by atoms with van der Waals surface area (Å²) in [5.41, 5.74) is 9.93. The van der Waals surface area contributed by atoms with Crippen molar-refractivity contribution in [3.63, 3.8) is 0 Å². The number of aromatic nitrogens is 1. The first-order valence-electron chi connectivity index (χ1n) is 6.77. The molecule has 0 radical (unpaired) electrons. The van der Waals surface area contributed by atoms with E-state index in [4.69, 9.17) is 5.73 Å². The second-order valence-corrected chi connectivity index (χ2v) is 6.02. The van der Waals surface area contributed by atoms with E-state index in [-0.39, 0.29) is 11.9 Å². The highest BCUT2D eigenvalue weighted by Crippen LogP contribution is 2.24. The van der Waals surface area contributed by atoms with E-state index in [1.165, 1.54) is 28.9 Å². The molecule has 1 aliphatic rings. The molecule has 1 aliphatic carbocycles. The molecule has 1 aromatic heterocycles. The van der Waals surface area contributed by atoms with Crippen molar-refractivity contribution in [3.05, 3.63) is 46.0 Å². The summed E-state index contributed by atoms with van der Waals surface area (Å²) in [4.78, 5) is 16.5. The minimum atomic E-state index is -0.114. The number of nitrogens with one attached hydrogen (secondary N) is 1. The van der Waals surface area contributed by atoms with Crippen LogP contribution in [0.2, 0.25) is 0 Å². The predicted octanol–water partition coefficient (Wildman–Crippen LogP) is 2.90. The van der Waals surface area contributed by atoms with Crippen molar-refractivity contribution in [3.8, 4) is 0 Å². The molecule has 1 heterocycles. The maximum atomic E-state index is 12.2. The zero-order chi connectivity index (χ0) is 14.1. The zero-order valence-corrected chi connectivity index (χ0v) is 12.2. The molecule has 0 fully saturated rings. The molecule has 3 N–H and O–H groups in total. The monoisotopic (exact) mass is 287 g/mol. The van der Waals surface area contributed by atoms with E-state index in [0.717, 1.165) is 18.5 Å². The summed E-state index contributed by atoms with van der Waals surface area (Å²) in [5, 5.41) is 5.32. The fourth-order valence-electron chi connectivity index (χ4n) is 2.44. The van der Waals surface area contributed by atoms with Gasteiger partial charge in [-0.25, -0.2) is 4.98 Å². The lowest BCUT2D eigenvalue weighted by Crippen LogP contribution is -2.12. The van der Waals surface area contributed by atoms with Crippen LogP contribution in [-0.4, -0.2) is 10.9 Å². The maximum absolute atomic E-state index is 12.2. The molecule has 3 rings (SSSR count). The molecule has 0 saturated heterocycles. The van der Waals surface area contributed by atoms with Gasteiger partial charge >= 0.3 is 0 Å². The Morgan fingerprint density at radius 2 is 2.20 bits per heavy atom. The van der Waals surface area contributed by atoms with E-state index in [1.807, 2.05) is 24.4 Å². The molecule has 0 saturated carbocycles. The number of nitrogens with zero attached hydrogens (tertiary/aromatic N) is 1. The first-order chi connectivity index (χ1) is 9.63. The van der Waals surface area contributed by atoms with Crippen LogP contribution in [-0.2, 0) is 12.8 Å². The number of hydrogen-bond acceptors (Lipinski definition) is 4. The molecule has 1 unspecified atom stereocenters. The van der Waals surface area contributed by atoms with Crippen molar-refractivity contribution in [2.75, 3.05) is 5.32 Å². The second-order valence-electron chi connectivity index (χ2n) is 5.16. The summed E-state index contributed by atoms with van der Waals surface area (Å²) >= 11 is 1.40. The molecule has 20 heavy (non-hydrogen) atoms. The number of carbonyl (C=O) groups is 1. The number of benzene rings is 1. The minimum absolute atomic E-state index is 0.106. The van der Waals surface area contributed by atoms with Crippen molar-refractivity contribution >= 4 is 22.4 Å². The third-order valence-electron chi connectivity index (χ3n) is 3.57. The number of hydrogen-bond donors (Lipinski definition) is 2. The lowest BCUT2D eigenvalue weighted by Gasteiger charge is -2.05. The Morgan fingerprint density at radius 1 is 1.40 bits per heavy atom. The Kier molecular flexibility index (Phi) is 3.54. The summed E-state index contributed by atoms with van der Waals surface area (Å²) in [6, 6.07) is 5.83. The van der Waals surface area contributed by atoms with E-state index in [9.17, 15) is 4.79 Å². The Bertz CT molecular complexity index is 648. The summed E-state index contributed by atoms with van der Waals surface area (Å²) in [6.07, 6.45) is 3.38. The molecule has 4 nitrogen and oxygen atoms in total. The fraction of sp³-hybridized carbons (Fsp3) is 0.333. The van der Waals surface area contributed by atoms with Crippen LogP contribution in [0.15, 0.2) is 23.6 Å². The third-order valence-corrected chi connectivity index (χ3v) is 4.35. The molecule has 1 atom stereocenters. The Balaban J connectivity index is 1.75. The Hall–Kier alpha value is -1.72. The van der Waals surface area contributed by atoms with Gasteiger partial charge in [-0.15, -0.1) is 11.3 Å². The highest BCUT2D eigenvalue weighted by atomic mass is 32.1. The number of nitrogens with two attached hydrogens (primary N) is 1. The third kappa shape index (κ3) is 2.59. The standard InChI is InChI=1S/C15H17N3OS/c1-9(16)13-8-20-15(17-13)18-14(19)12-6-5-10-3-2-4-11(10)7-12/h5-9H,2-4,16H2,1H3,(H,17,18,19). The first-order valence-corrected chi connectivity index (χ1v) is 7.65. The van der Waals surface area contributed by atoms with Crippen LogP contribution in [0.1, 0.15) is 46.6 Å². The number of aryl methyl sites for hydroxylation is 2. The largest absolute Gasteiger partial charge is 0.323 e. The van der Waals surface area contributed by atoms with E-state index < -0.39 is 0 Å². The van der Waals surface area contributed by atoms with Gasteiger partial charge in [0.1, 0.15) is 0 Å². The van der Waals surface area contributed by atoms with Gasteiger partial charge in [0.2, 0.25) is 0 Å². The molecule has 0 spiro atoms. The topological polar surface area (TPSA) is 68.0 Å². The van der Waals surface area contributed by atoms with Crippen LogP contribution in [0.25, 0.3) is 0 Å². The smallest absolute Gasteiger partial charge is 0.257 e. The maximum Gasteiger partial charge on any atom is 0.257 e. The highest BCUT2D eigenvalue weighted by Gasteiger charge is 2.15. The van der Waals surface area contributed by atoms with Crippen molar-refractivity contribution in [1.29, 1.82) is 0 Å². The number of anilines is 1. The normalized spacial score (nSPS) is 14.9. The van der Waals surface area contributed by atoms with E-state index in [1.54, 1.807) is 0 Å². The quantitative estimate of drug-likeness (QED) is 0.912. The molecule has 5 heteroatoms. The Morgan fingerprint density at radius 3 is 2.95 bits per heavy atom. The van der Waals surface area contributed by atoms with E-state index in [0.29, 0.717) is 10.7 Å². The number of rotatable bonds is 3. The predicted molar refractivity (Wildman–Crippen MR) is 81.1 cm³/mol. The lowest BCUT2D eigenvalue weighted by atomic mass is 10.1. The molecule has 104 valence electrons. The van der Waals surface area contributed by atoms with Gasteiger partial charge in [0.15, 0.2) is 5.13 Å². The van der Waals surface area contributed by atoms with Gasteiger partial charge in [0.25, 0.3) is 5.91 Å².